The van der Waals surface area contributed by atoms with Gasteiger partial charge in [-0.1, -0.05) is 0 Å². The number of hydrogen-bond donors (Lipinski definition) is 0. The van der Waals surface area contributed by atoms with Crippen LogP contribution in [0.15, 0.2) is 22.9 Å². The monoisotopic (exact) mass is 228 g/mol. The maximum absolute atomic E-state index is 13.0. The van der Waals surface area contributed by atoms with Crippen LogP contribution >= 0.6 is 15.9 Å². The van der Waals surface area contributed by atoms with Gasteiger partial charge in [-0.2, -0.15) is 5.10 Å². The zero-order valence-electron chi connectivity index (χ0n) is 6.38. The second-order valence-corrected chi connectivity index (χ2v) is 3.48. The Morgan fingerprint density at radius 3 is 3.08 bits per heavy atom. The van der Waals surface area contributed by atoms with Crippen molar-refractivity contribution in [3.8, 4) is 0 Å². The van der Waals surface area contributed by atoms with Crippen LogP contribution in [0, 0.1) is 12.7 Å². The third-order valence-electron chi connectivity index (χ3n) is 1.74. The van der Waals surface area contributed by atoms with E-state index in [0.717, 1.165) is 9.99 Å². The number of aromatic nitrogens is 2. The van der Waals surface area contributed by atoms with Crippen LogP contribution in [0.4, 0.5) is 4.39 Å². The minimum Gasteiger partial charge on any atom is -0.239 e. The Hall–Kier alpha value is -0.900. The van der Waals surface area contributed by atoms with Crippen LogP contribution in [0.5, 0.6) is 0 Å². The van der Waals surface area contributed by atoms with Gasteiger partial charge < -0.3 is 0 Å². The summed E-state index contributed by atoms with van der Waals surface area (Å²) in [4.78, 5) is 0. The molecule has 0 atom stereocenters. The molecule has 0 aromatic carbocycles. The minimum absolute atomic E-state index is 0.205. The highest BCUT2D eigenvalue weighted by molar-refractivity contribution is 9.10. The Labute approximate surface area is 77.1 Å². The molecule has 2 heterocycles. The molecule has 2 aromatic heterocycles. The molecular formula is C8H6BrFN2. The Bertz CT molecular complexity index is 436. The molecule has 0 saturated heterocycles. The quantitative estimate of drug-likeness (QED) is 0.678. The van der Waals surface area contributed by atoms with E-state index in [9.17, 15) is 4.39 Å². The van der Waals surface area contributed by atoms with Crippen molar-refractivity contribution < 1.29 is 4.39 Å². The first-order chi connectivity index (χ1) is 5.68. The van der Waals surface area contributed by atoms with Crippen molar-refractivity contribution in [2.24, 2.45) is 0 Å². The van der Waals surface area contributed by atoms with E-state index in [1.165, 1.54) is 6.07 Å². The normalized spacial score (nSPS) is 10.9. The van der Waals surface area contributed by atoms with Crippen molar-refractivity contribution in [2.75, 3.05) is 0 Å². The SMILES string of the molecule is Cc1cn2ncc(Br)c2cc1F. The third-order valence-corrected chi connectivity index (χ3v) is 2.35. The number of fused-ring (bicyclic) bond motifs is 1. The molecule has 2 nitrogen and oxygen atoms in total. The molecule has 0 spiro atoms. The maximum atomic E-state index is 13.0. The Morgan fingerprint density at radius 2 is 2.33 bits per heavy atom. The molecule has 0 aliphatic rings. The molecule has 0 fully saturated rings. The number of pyridine rings is 1. The van der Waals surface area contributed by atoms with Crippen molar-refractivity contribution in [3.05, 3.63) is 34.3 Å². The summed E-state index contributed by atoms with van der Waals surface area (Å²) in [6.45, 7) is 1.71. The molecule has 2 rings (SSSR count). The zero-order valence-corrected chi connectivity index (χ0v) is 7.97. The molecule has 0 radical (unpaired) electrons. The van der Waals surface area contributed by atoms with Crippen molar-refractivity contribution in [1.29, 1.82) is 0 Å². The molecule has 12 heavy (non-hydrogen) atoms. The van der Waals surface area contributed by atoms with E-state index >= 15 is 0 Å². The number of nitrogens with zero attached hydrogens (tertiary/aromatic N) is 2. The average molecular weight is 229 g/mol. The molecule has 0 aliphatic heterocycles. The summed E-state index contributed by atoms with van der Waals surface area (Å²) >= 11 is 3.28. The van der Waals surface area contributed by atoms with E-state index in [-0.39, 0.29) is 5.82 Å². The smallest absolute Gasteiger partial charge is 0.129 e. The number of rotatable bonds is 0. The number of halogens is 2. The predicted octanol–water partition coefficient (Wildman–Crippen LogP) is 2.54. The van der Waals surface area contributed by atoms with Gasteiger partial charge in [0.2, 0.25) is 0 Å². The van der Waals surface area contributed by atoms with Gasteiger partial charge in [-0.05, 0) is 22.9 Å². The van der Waals surface area contributed by atoms with E-state index in [0.29, 0.717) is 5.56 Å². The lowest BCUT2D eigenvalue weighted by atomic mass is 10.3. The first-order valence-electron chi connectivity index (χ1n) is 3.47. The molecule has 0 amide bonds. The summed E-state index contributed by atoms with van der Waals surface area (Å²) in [5.74, 6) is -0.205. The van der Waals surface area contributed by atoms with Gasteiger partial charge in [0, 0.05) is 17.8 Å². The minimum atomic E-state index is -0.205. The average Bonchev–Trinajstić information content (AvgIpc) is 2.35. The molecular weight excluding hydrogens is 223 g/mol. The molecule has 0 N–H and O–H groups in total. The Kier molecular flexibility index (Phi) is 1.65. The Balaban J connectivity index is 2.87. The fraction of sp³-hybridized carbons (Fsp3) is 0.125. The standard InChI is InChI=1S/C8H6BrFN2/c1-5-4-12-8(2-7(5)10)6(9)3-11-12/h2-4H,1H3. The summed E-state index contributed by atoms with van der Waals surface area (Å²) in [6, 6.07) is 1.46. The number of aryl methyl sites for hydroxylation is 1. The molecule has 62 valence electrons. The van der Waals surface area contributed by atoms with Crippen molar-refractivity contribution in [1.82, 2.24) is 9.61 Å². The lowest BCUT2D eigenvalue weighted by Gasteiger charge is -1.97. The molecule has 0 bridgehead atoms. The van der Waals surface area contributed by atoms with Crippen LogP contribution in [0.2, 0.25) is 0 Å². The molecule has 0 unspecified atom stereocenters. The highest BCUT2D eigenvalue weighted by atomic mass is 79.9. The van der Waals surface area contributed by atoms with Crippen molar-refractivity contribution in [3.63, 3.8) is 0 Å². The van der Waals surface area contributed by atoms with Crippen molar-refractivity contribution in [2.45, 2.75) is 6.92 Å². The van der Waals surface area contributed by atoms with Crippen LogP contribution < -0.4 is 0 Å². The summed E-state index contributed by atoms with van der Waals surface area (Å²) in [6.07, 6.45) is 3.31. The second kappa shape index (κ2) is 2.55. The highest BCUT2D eigenvalue weighted by Crippen LogP contribution is 2.19. The van der Waals surface area contributed by atoms with Crippen LogP contribution in [-0.2, 0) is 0 Å². The van der Waals surface area contributed by atoms with Crippen LogP contribution in [0.25, 0.3) is 5.52 Å². The molecule has 0 aliphatic carbocycles. The predicted molar refractivity (Wildman–Crippen MR) is 47.6 cm³/mol. The highest BCUT2D eigenvalue weighted by Gasteiger charge is 2.04. The summed E-state index contributed by atoms with van der Waals surface area (Å²) in [5, 5.41) is 4.02. The topological polar surface area (TPSA) is 17.3 Å². The zero-order chi connectivity index (χ0) is 8.72. The van der Waals surface area contributed by atoms with Crippen LogP contribution in [-0.4, -0.2) is 9.61 Å². The molecule has 0 saturated carbocycles. The number of hydrogen-bond acceptors (Lipinski definition) is 1. The van der Waals surface area contributed by atoms with E-state index in [1.807, 2.05) is 0 Å². The van der Waals surface area contributed by atoms with Gasteiger partial charge in [-0.25, -0.2) is 8.91 Å². The lowest BCUT2D eigenvalue weighted by Crippen LogP contribution is -1.91. The summed E-state index contributed by atoms with van der Waals surface area (Å²) in [7, 11) is 0. The molecule has 2 aromatic rings. The van der Waals surface area contributed by atoms with Gasteiger partial charge in [0.1, 0.15) is 5.82 Å². The lowest BCUT2D eigenvalue weighted by molar-refractivity contribution is 0.615. The fourth-order valence-corrected chi connectivity index (χ4v) is 1.46. The van der Waals surface area contributed by atoms with Crippen molar-refractivity contribution >= 4 is 21.4 Å². The van der Waals surface area contributed by atoms with E-state index in [1.54, 1.807) is 23.8 Å². The van der Waals surface area contributed by atoms with Gasteiger partial charge in [-0.3, -0.25) is 0 Å². The van der Waals surface area contributed by atoms with Gasteiger partial charge in [0.15, 0.2) is 0 Å². The van der Waals surface area contributed by atoms with E-state index in [2.05, 4.69) is 21.0 Å². The first-order valence-corrected chi connectivity index (χ1v) is 4.27. The third kappa shape index (κ3) is 1.03. The first kappa shape index (κ1) is 7.73. The molecule has 4 heteroatoms. The van der Waals surface area contributed by atoms with Crippen LogP contribution in [0.1, 0.15) is 5.56 Å². The van der Waals surface area contributed by atoms with Gasteiger partial charge in [0.25, 0.3) is 0 Å². The van der Waals surface area contributed by atoms with E-state index in [4.69, 9.17) is 0 Å². The Morgan fingerprint density at radius 1 is 1.58 bits per heavy atom. The summed E-state index contributed by atoms with van der Waals surface area (Å²) in [5.41, 5.74) is 1.34. The van der Waals surface area contributed by atoms with Crippen LogP contribution in [0.3, 0.4) is 0 Å². The fourth-order valence-electron chi connectivity index (χ4n) is 1.07. The van der Waals surface area contributed by atoms with Gasteiger partial charge in [-0.15, -0.1) is 0 Å². The van der Waals surface area contributed by atoms with E-state index < -0.39 is 0 Å². The van der Waals surface area contributed by atoms with Gasteiger partial charge >= 0.3 is 0 Å². The largest absolute Gasteiger partial charge is 0.239 e. The maximum Gasteiger partial charge on any atom is 0.129 e. The van der Waals surface area contributed by atoms with Gasteiger partial charge in [0.05, 0.1) is 16.2 Å². The second-order valence-electron chi connectivity index (χ2n) is 2.63. The summed E-state index contributed by atoms with van der Waals surface area (Å²) < 4.78 is 15.5.